The number of nitrogens with one attached hydrogen (secondary N) is 1. The van der Waals surface area contributed by atoms with E-state index in [1.165, 1.54) is 0 Å². The van der Waals surface area contributed by atoms with Crippen molar-refractivity contribution < 1.29 is 0 Å². The minimum atomic E-state index is 0.377. The number of hydrogen-bond donors (Lipinski definition) is 1. The summed E-state index contributed by atoms with van der Waals surface area (Å²) >= 11 is 2.47. The molecule has 0 aromatic carbocycles. The first-order valence-electron chi connectivity index (χ1n) is 4.83. The monoisotopic (exact) mass is 305 g/mol. The summed E-state index contributed by atoms with van der Waals surface area (Å²) < 4.78 is 0.839. The maximum absolute atomic E-state index is 4.37. The molecule has 1 aromatic heterocycles. The van der Waals surface area contributed by atoms with Crippen LogP contribution < -0.4 is 8.01 Å². The Morgan fingerprint density at radius 2 is 2.43 bits per heavy atom. The van der Waals surface area contributed by atoms with Gasteiger partial charge in [-0.05, 0) is 6.42 Å². The topological polar surface area (TPSA) is 37.8 Å². The number of anilines is 1. The van der Waals surface area contributed by atoms with Crippen LogP contribution in [0.3, 0.4) is 0 Å². The molecule has 1 N–H and O–H groups in total. The van der Waals surface area contributed by atoms with E-state index in [-0.39, 0.29) is 0 Å². The highest BCUT2D eigenvalue weighted by atomic mass is 127. The average Bonchev–Trinajstić information content (AvgIpc) is 2.41. The molecule has 0 spiro atoms. The van der Waals surface area contributed by atoms with Crippen molar-refractivity contribution >= 4 is 34.4 Å². The largest absolute Gasteiger partial charge is 0.328 e. The van der Waals surface area contributed by atoms with Gasteiger partial charge in [-0.2, -0.15) is 7.68 Å². The number of hydrogen-bond acceptors (Lipinski definition) is 3. The van der Waals surface area contributed by atoms with Crippen LogP contribution in [0.5, 0.6) is 0 Å². The predicted molar refractivity (Wildman–Crippen MR) is 66.1 cm³/mol. The zero-order chi connectivity index (χ0) is 10.2. The van der Waals surface area contributed by atoms with Crippen LogP contribution in [0.25, 0.3) is 0 Å². The van der Waals surface area contributed by atoms with Crippen molar-refractivity contribution in [3.05, 3.63) is 12.5 Å². The van der Waals surface area contributed by atoms with Gasteiger partial charge in [0.1, 0.15) is 12.0 Å². The van der Waals surface area contributed by atoms with E-state index < -0.39 is 0 Å². The molecule has 0 saturated heterocycles. The highest BCUT2D eigenvalue weighted by Crippen LogP contribution is 2.41. The third-order valence-corrected chi connectivity index (χ3v) is 4.35. The van der Waals surface area contributed by atoms with Gasteiger partial charge < -0.3 is 5.32 Å². The van der Waals surface area contributed by atoms with Gasteiger partial charge in [0, 0.05) is 6.92 Å². The highest BCUT2D eigenvalue weighted by Gasteiger charge is 2.44. The summed E-state index contributed by atoms with van der Waals surface area (Å²) in [5, 5.41) is 3.41. The number of aromatic nitrogens is 2. The van der Waals surface area contributed by atoms with Crippen LogP contribution in [0.2, 0.25) is 0 Å². The molecule has 76 valence electrons. The molecule has 0 saturated carbocycles. The van der Waals surface area contributed by atoms with Gasteiger partial charge >= 0.3 is 0 Å². The Bertz CT molecular complexity index is 343. The summed E-state index contributed by atoms with van der Waals surface area (Å²) in [4.78, 5) is 8.40. The Kier molecular flexibility index (Phi) is 2.61. The molecule has 2 heterocycles. The lowest BCUT2D eigenvalue weighted by Crippen LogP contribution is -2.46. The van der Waals surface area contributed by atoms with Crippen LogP contribution in [-0.2, 0) is 0 Å². The van der Waals surface area contributed by atoms with E-state index in [0.717, 1.165) is 27.2 Å². The van der Waals surface area contributed by atoms with Crippen molar-refractivity contribution in [2.75, 3.05) is 11.9 Å². The van der Waals surface area contributed by atoms with Crippen molar-refractivity contribution in [2.24, 2.45) is 0 Å². The van der Waals surface area contributed by atoms with Gasteiger partial charge in [0.05, 0.1) is 12.7 Å². The molecule has 0 aliphatic carbocycles. The number of halogens is 1. The van der Waals surface area contributed by atoms with Crippen LogP contribution in [0.1, 0.15) is 20.3 Å². The molecule has 1 aromatic rings. The van der Waals surface area contributed by atoms with Gasteiger partial charge in [0.25, 0.3) is 28.7 Å². The number of quaternary nitrogens is 1. The molecule has 5 heteroatoms. The first-order valence-corrected chi connectivity index (χ1v) is 5.79. The van der Waals surface area contributed by atoms with Gasteiger partial charge in [0.2, 0.25) is 0 Å². The molecular formula is C9H14IN4+. The van der Waals surface area contributed by atoms with E-state index in [2.05, 4.69) is 52.0 Å². The van der Waals surface area contributed by atoms with Crippen LogP contribution in [-0.4, -0.2) is 22.7 Å². The maximum atomic E-state index is 4.37. The third kappa shape index (κ3) is 1.38. The van der Waals surface area contributed by atoms with Crippen molar-refractivity contribution in [3.63, 3.8) is 0 Å². The standard InChI is InChI=1S/C9H14IN4/c1-3-4-14(10)7(2)13-8-5-11-6-12-9(8)14/h5-7,13H,3-4H2,1-2H3/q+1. The highest BCUT2D eigenvalue weighted by molar-refractivity contribution is 14.1. The summed E-state index contributed by atoms with van der Waals surface area (Å²) in [5.74, 6) is 1.11. The molecule has 2 rings (SSSR count). The zero-order valence-electron chi connectivity index (χ0n) is 8.37. The Hall–Kier alpha value is -0.430. The van der Waals surface area contributed by atoms with Crippen LogP contribution in [0.4, 0.5) is 11.5 Å². The molecule has 0 bridgehead atoms. The molecule has 2 atom stereocenters. The summed E-state index contributed by atoms with van der Waals surface area (Å²) in [5.41, 5.74) is 1.07. The molecular weight excluding hydrogens is 291 g/mol. The number of nitrogens with zero attached hydrogens (tertiary/aromatic N) is 3. The van der Waals surface area contributed by atoms with Gasteiger partial charge in [-0.3, -0.25) is 0 Å². The van der Waals surface area contributed by atoms with Crippen LogP contribution in [0, 0.1) is 0 Å². The molecule has 0 amide bonds. The fourth-order valence-electron chi connectivity index (χ4n) is 1.86. The molecule has 1 aliphatic heterocycles. The van der Waals surface area contributed by atoms with Crippen LogP contribution in [0.15, 0.2) is 12.5 Å². The number of rotatable bonds is 2. The summed E-state index contributed by atoms with van der Waals surface area (Å²) in [6.45, 7) is 5.48. The predicted octanol–water partition coefficient (Wildman–Crippen LogP) is 2.32. The molecule has 4 nitrogen and oxygen atoms in total. The van der Waals surface area contributed by atoms with E-state index in [1.807, 2.05) is 6.20 Å². The minimum Gasteiger partial charge on any atom is -0.328 e. The van der Waals surface area contributed by atoms with Crippen molar-refractivity contribution in [3.8, 4) is 0 Å². The van der Waals surface area contributed by atoms with E-state index >= 15 is 0 Å². The van der Waals surface area contributed by atoms with Crippen LogP contribution >= 0.6 is 22.9 Å². The molecule has 1 aliphatic rings. The van der Waals surface area contributed by atoms with Gasteiger partial charge in [-0.25, -0.2) is 4.98 Å². The smallest absolute Gasteiger partial charge is 0.263 e. The van der Waals surface area contributed by atoms with Gasteiger partial charge in [-0.1, -0.05) is 6.92 Å². The molecule has 14 heavy (non-hydrogen) atoms. The van der Waals surface area contributed by atoms with E-state index in [1.54, 1.807) is 6.33 Å². The van der Waals surface area contributed by atoms with Crippen molar-refractivity contribution in [1.29, 1.82) is 0 Å². The van der Waals surface area contributed by atoms with E-state index in [0.29, 0.717) is 6.17 Å². The molecule has 2 unspecified atom stereocenters. The Labute approximate surface area is 97.8 Å². The normalized spacial score (nSPS) is 29.8. The second-order valence-corrected chi connectivity index (χ2v) is 5.30. The second-order valence-electron chi connectivity index (χ2n) is 3.58. The lowest BCUT2D eigenvalue weighted by Gasteiger charge is -2.27. The Balaban J connectivity index is 2.43. The summed E-state index contributed by atoms with van der Waals surface area (Å²) in [7, 11) is 0. The van der Waals surface area contributed by atoms with Crippen molar-refractivity contribution in [1.82, 2.24) is 12.7 Å². The summed E-state index contributed by atoms with van der Waals surface area (Å²) in [6, 6.07) is 0. The molecule has 0 radical (unpaired) electrons. The van der Waals surface area contributed by atoms with Gasteiger partial charge in [0.15, 0.2) is 6.17 Å². The fourth-order valence-corrected chi connectivity index (χ4v) is 2.86. The van der Waals surface area contributed by atoms with E-state index in [9.17, 15) is 0 Å². The Morgan fingerprint density at radius 3 is 3.14 bits per heavy atom. The first kappa shape index (κ1) is 10.1. The quantitative estimate of drug-likeness (QED) is 0.673. The first-order chi connectivity index (χ1) is 6.68. The SMILES string of the molecule is CCC[N+]1(I)c2ncncc2NC1C. The van der Waals surface area contributed by atoms with Crippen molar-refractivity contribution in [2.45, 2.75) is 26.4 Å². The minimum absolute atomic E-state index is 0.377. The second kappa shape index (κ2) is 3.62. The van der Waals surface area contributed by atoms with E-state index in [4.69, 9.17) is 0 Å². The fraction of sp³-hybridized carbons (Fsp3) is 0.556. The number of fused-ring (bicyclic) bond motifs is 1. The lowest BCUT2D eigenvalue weighted by molar-refractivity contribution is 0.443. The zero-order valence-corrected chi connectivity index (χ0v) is 10.5. The third-order valence-electron chi connectivity index (χ3n) is 2.57. The Morgan fingerprint density at radius 1 is 1.64 bits per heavy atom. The average molecular weight is 305 g/mol. The van der Waals surface area contributed by atoms with Gasteiger partial charge in [-0.15, -0.1) is 0 Å². The molecule has 0 fully saturated rings. The summed E-state index contributed by atoms with van der Waals surface area (Å²) in [6.07, 6.45) is 5.01. The maximum Gasteiger partial charge on any atom is 0.263 e. The lowest BCUT2D eigenvalue weighted by atomic mass is 10.4.